The lowest BCUT2D eigenvalue weighted by atomic mass is 9.59. The predicted molar refractivity (Wildman–Crippen MR) is 187 cm³/mol. The van der Waals surface area contributed by atoms with Gasteiger partial charge in [-0.1, -0.05) is 87.4 Å². The normalized spacial score (nSPS) is 20.6. The van der Waals surface area contributed by atoms with E-state index >= 15 is 0 Å². The van der Waals surface area contributed by atoms with E-state index in [4.69, 9.17) is 21.0 Å². The molecule has 9 heteroatoms. The fourth-order valence-corrected chi connectivity index (χ4v) is 7.06. The van der Waals surface area contributed by atoms with Crippen molar-refractivity contribution in [2.24, 2.45) is 28.6 Å². The number of nitrogens with one attached hydrogen (secondary N) is 1. The first kappa shape index (κ1) is 36.0. The van der Waals surface area contributed by atoms with Crippen LogP contribution in [0.25, 0.3) is 21.9 Å². The maximum atomic E-state index is 14.5. The van der Waals surface area contributed by atoms with Crippen LogP contribution in [0.4, 0.5) is 10.5 Å². The molecule has 9 nitrogen and oxygen atoms in total. The molecule has 1 aromatic carbocycles. The number of benzene rings is 1. The number of rotatable bonds is 6. The van der Waals surface area contributed by atoms with Crippen molar-refractivity contribution >= 4 is 23.4 Å². The highest BCUT2D eigenvalue weighted by Gasteiger charge is 2.48. The molecule has 2 aromatic heterocycles. The maximum Gasteiger partial charge on any atom is 0.415 e. The molecule has 0 aliphatic heterocycles. The van der Waals surface area contributed by atoms with E-state index in [9.17, 15) is 9.59 Å². The highest BCUT2D eigenvalue weighted by atomic mass is 16.6. The minimum atomic E-state index is -0.625. The number of aromatic amines is 1. The van der Waals surface area contributed by atoms with Gasteiger partial charge in [-0.15, -0.1) is 0 Å². The Hall–Kier alpha value is -3.80. The smallest absolute Gasteiger partial charge is 0.415 e. The van der Waals surface area contributed by atoms with Crippen molar-refractivity contribution in [2.75, 3.05) is 13.1 Å². The van der Waals surface area contributed by atoms with Gasteiger partial charge < -0.3 is 14.4 Å². The molecule has 1 N–H and O–H groups in total. The molecule has 1 amide bonds. The van der Waals surface area contributed by atoms with Crippen LogP contribution in [0.5, 0.6) is 5.88 Å². The third kappa shape index (κ3) is 7.22. The van der Waals surface area contributed by atoms with Gasteiger partial charge in [0.25, 0.3) is 5.69 Å². The van der Waals surface area contributed by atoms with Crippen LogP contribution in [0.3, 0.4) is 0 Å². The second-order valence-corrected chi connectivity index (χ2v) is 16.6. The number of H-pyrrole nitrogens is 1. The number of carbonyl (C=O) groups is 2. The Balaban J connectivity index is 1.90. The number of aromatic nitrogens is 3. The Morgan fingerprint density at radius 3 is 2.06 bits per heavy atom. The van der Waals surface area contributed by atoms with Gasteiger partial charge in [0, 0.05) is 30.5 Å². The second kappa shape index (κ2) is 13.0. The number of aryl methyl sites for hydroxylation is 1. The maximum absolute atomic E-state index is 14.5. The van der Waals surface area contributed by atoms with E-state index in [1.165, 1.54) is 15.0 Å². The average molecular weight is 646 g/mol. The number of fused-ring (bicyclic) bond motifs is 1. The molecule has 2 atom stereocenters. The number of hydrogen-bond acceptors (Lipinski definition) is 5. The summed E-state index contributed by atoms with van der Waals surface area (Å²) in [5, 5.41) is 3.24. The summed E-state index contributed by atoms with van der Waals surface area (Å²) in [5.74, 6) is 0.528. The lowest BCUT2D eigenvalue weighted by Gasteiger charge is -2.50. The molecule has 0 radical (unpaired) electrons. The monoisotopic (exact) mass is 645 g/mol. The zero-order valence-electron chi connectivity index (χ0n) is 30.8. The molecule has 1 aliphatic rings. The lowest BCUT2D eigenvalue weighted by molar-refractivity contribution is -0.0922. The van der Waals surface area contributed by atoms with Crippen molar-refractivity contribution in [1.29, 1.82) is 0 Å². The van der Waals surface area contributed by atoms with Crippen LogP contribution in [0.15, 0.2) is 18.2 Å². The van der Waals surface area contributed by atoms with Gasteiger partial charge in [-0.05, 0) is 66.9 Å². The zero-order valence-corrected chi connectivity index (χ0v) is 30.8. The predicted octanol–water partition coefficient (Wildman–Crippen LogP) is 9.61. The molecule has 2 unspecified atom stereocenters. The van der Waals surface area contributed by atoms with E-state index in [1.807, 2.05) is 26.8 Å². The first-order valence-corrected chi connectivity index (χ1v) is 17.0. The zero-order chi connectivity index (χ0) is 35.2. The quantitative estimate of drug-likeness (QED) is 0.213. The van der Waals surface area contributed by atoms with Gasteiger partial charge in [-0.2, -0.15) is 0 Å². The minimum Gasteiger partial charge on any atom is -0.459 e. The molecule has 0 saturated heterocycles. The van der Waals surface area contributed by atoms with Crippen molar-refractivity contribution in [3.63, 3.8) is 0 Å². The molecule has 3 aromatic rings. The molecule has 0 bridgehead atoms. The fraction of sp³-hybridized carbons (Fsp3) is 0.632. The van der Waals surface area contributed by atoms with E-state index in [1.54, 1.807) is 0 Å². The van der Waals surface area contributed by atoms with E-state index < -0.39 is 12.1 Å². The Morgan fingerprint density at radius 2 is 1.60 bits per heavy atom. The van der Waals surface area contributed by atoms with Gasteiger partial charge in [0.1, 0.15) is 11.7 Å². The molecule has 256 valence electrons. The molecule has 0 spiro atoms. The summed E-state index contributed by atoms with van der Waals surface area (Å²) in [6.45, 7) is 36.8. The first-order chi connectivity index (χ1) is 21.7. The third-order valence-corrected chi connectivity index (χ3v) is 9.96. The second-order valence-electron chi connectivity index (χ2n) is 16.6. The van der Waals surface area contributed by atoms with E-state index in [0.717, 1.165) is 24.0 Å². The molecule has 4 rings (SSSR count). The summed E-state index contributed by atoms with van der Waals surface area (Å²) >= 11 is 0. The van der Waals surface area contributed by atoms with Crippen LogP contribution >= 0.6 is 0 Å². The summed E-state index contributed by atoms with van der Waals surface area (Å²) in [6.07, 6.45) is 0.915. The molecule has 1 saturated carbocycles. The lowest BCUT2D eigenvalue weighted by Crippen LogP contribution is -2.49. The van der Waals surface area contributed by atoms with Gasteiger partial charge in [0.05, 0.1) is 6.57 Å². The molecule has 47 heavy (non-hydrogen) atoms. The molecular formula is C38H55N5O4. The average Bonchev–Trinajstić information content (AvgIpc) is 3.49. The Bertz CT molecular complexity index is 1640. The molecule has 1 aliphatic carbocycles. The van der Waals surface area contributed by atoms with Gasteiger partial charge in [0.2, 0.25) is 5.88 Å². The van der Waals surface area contributed by atoms with Crippen LogP contribution in [0.2, 0.25) is 0 Å². The van der Waals surface area contributed by atoms with Crippen LogP contribution in [0, 0.1) is 42.1 Å². The Labute approximate surface area is 281 Å². The summed E-state index contributed by atoms with van der Waals surface area (Å²) in [6, 6.07) is 6.22. The number of nitrogens with zero attached hydrogens (tertiary/aromatic N) is 4. The van der Waals surface area contributed by atoms with E-state index in [0.29, 0.717) is 24.8 Å². The number of amides is 1. The Kier molecular flexibility index (Phi) is 9.98. The van der Waals surface area contributed by atoms with Gasteiger partial charge in [-0.3, -0.25) is 5.10 Å². The van der Waals surface area contributed by atoms with Crippen molar-refractivity contribution < 1.29 is 19.1 Å². The molecule has 2 heterocycles. The summed E-state index contributed by atoms with van der Waals surface area (Å²) in [5.41, 5.74) is 2.90. The SMILES string of the molecule is [C-]#[N+]c1c(C(=O)OC2C(C(C)(C)C)CC(C)CC2C(C)(C)C)c2nc(-c3ccc(C(C)(C)C)cc3C)[nH]n2c1OC(=O)N(CC)CC. The van der Waals surface area contributed by atoms with Crippen molar-refractivity contribution in [1.82, 2.24) is 19.5 Å². The standard InChI is InChI=1S/C38H55N5O4/c1-15-42(16-2)35(45)47-33-29(39-14)28(32-40-31(41-43(32)33)25-18-17-24(21-23(25)4)36(5,6)7)34(44)46-30-26(37(8,9)10)19-22(3)20-27(30)38(11,12)13/h17-18,21-22,26-27,30H,15-16,19-20H2,1-13H3,(H,40,41). The highest BCUT2D eigenvalue weighted by Crippen LogP contribution is 2.50. The van der Waals surface area contributed by atoms with Crippen LogP contribution in [0.1, 0.15) is 117 Å². The number of carbonyl (C=O) groups excluding carboxylic acids is 2. The van der Waals surface area contributed by atoms with Crippen molar-refractivity contribution in [3.8, 4) is 17.3 Å². The summed E-state index contributed by atoms with van der Waals surface area (Å²) in [7, 11) is 0. The van der Waals surface area contributed by atoms with E-state index in [-0.39, 0.29) is 57.0 Å². The largest absolute Gasteiger partial charge is 0.459 e. The van der Waals surface area contributed by atoms with Gasteiger partial charge in [-0.25, -0.2) is 23.9 Å². The van der Waals surface area contributed by atoms with Gasteiger partial charge >= 0.3 is 12.1 Å². The van der Waals surface area contributed by atoms with Crippen molar-refractivity contribution in [3.05, 3.63) is 46.3 Å². The fourth-order valence-electron chi connectivity index (χ4n) is 7.06. The summed E-state index contributed by atoms with van der Waals surface area (Å²) < 4.78 is 13.9. The highest BCUT2D eigenvalue weighted by molar-refractivity contribution is 6.05. The summed E-state index contributed by atoms with van der Waals surface area (Å²) in [4.78, 5) is 37.8. The van der Waals surface area contributed by atoms with Crippen LogP contribution in [-0.4, -0.2) is 50.8 Å². The number of hydrogen-bond donors (Lipinski definition) is 1. The molecule has 1 fully saturated rings. The topological polar surface area (TPSA) is 93.3 Å². The number of esters is 1. The van der Waals surface area contributed by atoms with Crippen LogP contribution < -0.4 is 4.74 Å². The third-order valence-electron chi connectivity index (χ3n) is 9.96. The van der Waals surface area contributed by atoms with Crippen molar-refractivity contribution in [2.45, 2.75) is 114 Å². The van der Waals surface area contributed by atoms with E-state index in [2.05, 4.69) is 91.3 Å². The van der Waals surface area contributed by atoms with Gasteiger partial charge in [0.15, 0.2) is 11.5 Å². The minimum absolute atomic E-state index is 0.00718. The number of ether oxygens (including phenoxy) is 2. The Morgan fingerprint density at radius 1 is 1.02 bits per heavy atom. The molecular weight excluding hydrogens is 590 g/mol. The first-order valence-electron chi connectivity index (χ1n) is 17.0. The van der Waals surface area contributed by atoms with Crippen LogP contribution in [-0.2, 0) is 10.2 Å².